The third-order valence-electron chi connectivity index (χ3n) is 5.46. The maximum atomic E-state index is 13.4. The summed E-state index contributed by atoms with van der Waals surface area (Å²) in [5, 5.41) is 15.6. The summed E-state index contributed by atoms with van der Waals surface area (Å²) in [5.41, 5.74) is -0.170. The molecule has 8 nitrogen and oxygen atoms in total. The Balaban J connectivity index is 3.18. The minimum Gasteiger partial charge on any atom is -0.508 e. The van der Waals surface area contributed by atoms with E-state index >= 15 is 0 Å². The van der Waals surface area contributed by atoms with Crippen LogP contribution in [0.2, 0.25) is 0 Å². The number of rotatable bonds is 14. The summed E-state index contributed by atoms with van der Waals surface area (Å²) in [4.78, 5) is 40.5. The van der Waals surface area contributed by atoms with Gasteiger partial charge >= 0.3 is 6.09 Å². The van der Waals surface area contributed by atoms with E-state index in [-0.39, 0.29) is 24.2 Å². The number of hydrogen-bond acceptors (Lipinski definition) is 5. The average molecular weight is 492 g/mol. The number of ether oxygens (including phenoxy) is 1. The van der Waals surface area contributed by atoms with Crippen molar-refractivity contribution in [1.29, 1.82) is 0 Å². The van der Waals surface area contributed by atoms with Gasteiger partial charge in [0.1, 0.15) is 23.9 Å². The first-order chi connectivity index (χ1) is 16.5. The van der Waals surface area contributed by atoms with Crippen molar-refractivity contribution in [3.63, 3.8) is 0 Å². The first-order valence-corrected chi connectivity index (χ1v) is 12.8. The molecule has 1 rings (SSSR count). The van der Waals surface area contributed by atoms with Gasteiger partial charge in [-0.1, -0.05) is 58.1 Å². The van der Waals surface area contributed by atoms with E-state index in [1.165, 1.54) is 17.0 Å². The molecule has 3 N–H and O–H groups in total. The number of aromatic hydroxyl groups is 1. The van der Waals surface area contributed by atoms with Crippen molar-refractivity contribution in [3.05, 3.63) is 29.8 Å². The Morgan fingerprint density at radius 1 is 1.06 bits per heavy atom. The molecule has 3 amide bonds. The molecule has 2 unspecified atom stereocenters. The van der Waals surface area contributed by atoms with Gasteiger partial charge in [-0.15, -0.1) is 0 Å². The highest BCUT2D eigenvalue weighted by atomic mass is 16.6. The van der Waals surface area contributed by atoms with Gasteiger partial charge in [-0.25, -0.2) is 4.79 Å². The lowest BCUT2D eigenvalue weighted by atomic mass is 10.0. The molecule has 0 heterocycles. The fraction of sp³-hybridized carbons (Fsp3) is 0.667. The van der Waals surface area contributed by atoms with Gasteiger partial charge in [-0.3, -0.25) is 9.59 Å². The highest BCUT2D eigenvalue weighted by Gasteiger charge is 2.32. The summed E-state index contributed by atoms with van der Waals surface area (Å²) in [7, 11) is 0. The lowest BCUT2D eigenvalue weighted by molar-refractivity contribution is -0.140. The predicted octanol–water partition coefficient (Wildman–Crippen LogP) is 5.06. The van der Waals surface area contributed by atoms with Crippen LogP contribution in [0.15, 0.2) is 24.3 Å². The molecule has 0 saturated carbocycles. The zero-order valence-corrected chi connectivity index (χ0v) is 22.4. The number of phenolic OH excluding ortho intramolecular Hbond substituents is 1. The van der Waals surface area contributed by atoms with Gasteiger partial charge in [-0.2, -0.15) is 0 Å². The van der Waals surface area contributed by atoms with Crippen molar-refractivity contribution < 1.29 is 24.2 Å². The first-order valence-electron chi connectivity index (χ1n) is 12.8. The highest BCUT2D eigenvalue weighted by molar-refractivity contribution is 5.90. The molecule has 0 aliphatic carbocycles. The maximum absolute atomic E-state index is 13.4. The smallest absolute Gasteiger partial charge is 0.408 e. The lowest BCUT2D eigenvalue weighted by Crippen LogP contribution is -2.49. The predicted molar refractivity (Wildman–Crippen MR) is 138 cm³/mol. The van der Waals surface area contributed by atoms with E-state index in [0.29, 0.717) is 12.1 Å². The second kappa shape index (κ2) is 15.3. The van der Waals surface area contributed by atoms with Crippen LogP contribution in [0.25, 0.3) is 0 Å². The van der Waals surface area contributed by atoms with E-state index in [2.05, 4.69) is 17.6 Å². The fourth-order valence-electron chi connectivity index (χ4n) is 3.84. The van der Waals surface area contributed by atoms with E-state index < -0.39 is 23.6 Å². The number of hydrogen-bond donors (Lipinski definition) is 3. The van der Waals surface area contributed by atoms with Crippen LogP contribution in [-0.2, 0) is 14.3 Å². The molecular weight excluding hydrogens is 446 g/mol. The summed E-state index contributed by atoms with van der Waals surface area (Å²) >= 11 is 0. The molecule has 1 aromatic rings. The molecule has 0 aromatic heterocycles. The molecule has 0 radical (unpaired) electrons. The van der Waals surface area contributed by atoms with Gasteiger partial charge in [0.25, 0.3) is 0 Å². The van der Waals surface area contributed by atoms with Crippen LogP contribution in [0.5, 0.6) is 5.75 Å². The van der Waals surface area contributed by atoms with Gasteiger partial charge in [-0.05, 0) is 58.2 Å². The van der Waals surface area contributed by atoms with Crippen molar-refractivity contribution in [3.8, 4) is 5.75 Å². The van der Waals surface area contributed by atoms with Crippen molar-refractivity contribution in [1.82, 2.24) is 15.5 Å². The van der Waals surface area contributed by atoms with E-state index in [1.54, 1.807) is 32.9 Å². The van der Waals surface area contributed by atoms with Crippen LogP contribution < -0.4 is 10.6 Å². The number of amides is 3. The standard InChI is InChI=1S/C27H45N3O5/c1-7-9-10-11-12-17-30(23(32)19-28-26(34)35-27(4,5)6)24(21-15-13-16-22(31)18-21)25(33)29-20(3)14-8-2/h13,15-16,18,20,24,31H,7-12,14,17,19H2,1-6H3,(H,28,34)(H,29,33). The maximum Gasteiger partial charge on any atom is 0.408 e. The molecule has 8 heteroatoms. The van der Waals surface area contributed by atoms with Gasteiger partial charge in [0.2, 0.25) is 11.8 Å². The number of carbonyl (C=O) groups excluding carboxylic acids is 3. The van der Waals surface area contributed by atoms with E-state index in [1.807, 2.05) is 13.8 Å². The third kappa shape index (κ3) is 12.0. The van der Waals surface area contributed by atoms with Crippen LogP contribution >= 0.6 is 0 Å². The van der Waals surface area contributed by atoms with Crippen molar-refractivity contribution in [2.24, 2.45) is 0 Å². The second-order valence-corrected chi connectivity index (χ2v) is 10.1. The third-order valence-corrected chi connectivity index (χ3v) is 5.46. The van der Waals surface area contributed by atoms with Gasteiger partial charge in [0.05, 0.1) is 0 Å². The number of nitrogens with zero attached hydrogens (tertiary/aromatic N) is 1. The first kappa shape index (κ1) is 30.3. The molecular formula is C27H45N3O5. The molecule has 0 spiro atoms. The van der Waals surface area contributed by atoms with Crippen LogP contribution in [-0.4, -0.2) is 52.6 Å². The topological polar surface area (TPSA) is 108 Å². The second-order valence-electron chi connectivity index (χ2n) is 10.1. The number of phenols is 1. The fourth-order valence-corrected chi connectivity index (χ4v) is 3.84. The molecule has 0 aliphatic heterocycles. The summed E-state index contributed by atoms with van der Waals surface area (Å²) in [6.07, 6.45) is 5.95. The Morgan fingerprint density at radius 2 is 1.74 bits per heavy atom. The van der Waals surface area contributed by atoms with Gasteiger partial charge in [0, 0.05) is 12.6 Å². The molecule has 0 saturated heterocycles. The van der Waals surface area contributed by atoms with E-state index in [9.17, 15) is 19.5 Å². The van der Waals surface area contributed by atoms with E-state index in [0.717, 1.165) is 44.9 Å². The number of benzene rings is 1. The lowest BCUT2D eigenvalue weighted by Gasteiger charge is -2.32. The van der Waals surface area contributed by atoms with Crippen molar-refractivity contribution in [2.75, 3.05) is 13.1 Å². The molecule has 198 valence electrons. The molecule has 0 fully saturated rings. The minimum absolute atomic E-state index is 0.0177. The number of carbonyl (C=O) groups is 3. The highest BCUT2D eigenvalue weighted by Crippen LogP contribution is 2.26. The van der Waals surface area contributed by atoms with Gasteiger partial charge < -0.3 is 25.4 Å². The van der Waals surface area contributed by atoms with Crippen molar-refractivity contribution in [2.45, 2.75) is 104 Å². The molecule has 2 atom stereocenters. The largest absolute Gasteiger partial charge is 0.508 e. The number of alkyl carbamates (subject to hydrolysis) is 1. The Kier molecular flexibility index (Phi) is 13.2. The summed E-state index contributed by atoms with van der Waals surface area (Å²) in [5.74, 6) is -0.683. The molecule has 0 bridgehead atoms. The molecule has 35 heavy (non-hydrogen) atoms. The molecule has 0 aliphatic rings. The number of unbranched alkanes of at least 4 members (excludes halogenated alkanes) is 4. The minimum atomic E-state index is -0.930. The number of nitrogens with one attached hydrogen (secondary N) is 2. The SMILES string of the molecule is CCCCCCCN(C(=O)CNC(=O)OC(C)(C)C)C(C(=O)NC(C)CCC)c1cccc(O)c1. The van der Waals surface area contributed by atoms with Crippen molar-refractivity contribution >= 4 is 17.9 Å². The zero-order valence-electron chi connectivity index (χ0n) is 22.4. The van der Waals surface area contributed by atoms with Crippen LogP contribution in [0.3, 0.4) is 0 Å². The quantitative estimate of drug-likeness (QED) is 0.315. The Bertz CT molecular complexity index is 806. The summed E-state index contributed by atoms with van der Waals surface area (Å²) in [6.45, 7) is 11.4. The van der Waals surface area contributed by atoms with Crippen LogP contribution in [0.4, 0.5) is 4.79 Å². The van der Waals surface area contributed by atoms with Crippen LogP contribution in [0.1, 0.15) is 98.1 Å². The normalized spacial score (nSPS) is 13.0. The Labute approximate surface area is 210 Å². The summed E-state index contributed by atoms with van der Waals surface area (Å²) in [6, 6.07) is 5.43. The van der Waals surface area contributed by atoms with Gasteiger partial charge in [0.15, 0.2) is 0 Å². The Hall–Kier alpha value is -2.77. The summed E-state index contributed by atoms with van der Waals surface area (Å²) < 4.78 is 5.25. The van der Waals surface area contributed by atoms with E-state index in [4.69, 9.17) is 4.74 Å². The molecule has 1 aromatic carbocycles. The average Bonchev–Trinajstić information content (AvgIpc) is 2.75. The zero-order chi connectivity index (χ0) is 26.4. The Morgan fingerprint density at radius 3 is 2.34 bits per heavy atom. The monoisotopic (exact) mass is 491 g/mol. The van der Waals surface area contributed by atoms with Crippen LogP contribution in [0, 0.1) is 0 Å².